The third-order valence-corrected chi connectivity index (χ3v) is 4.57. The highest BCUT2D eigenvalue weighted by molar-refractivity contribution is 5.95. The van der Waals surface area contributed by atoms with Crippen LogP contribution in [-0.2, 0) is 16.1 Å². The maximum absolute atomic E-state index is 12.5. The highest BCUT2D eigenvalue weighted by Gasteiger charge is 2.27. The van der Waals surface area contributed by atoms with Crippen molar-refractivity contribution in [3.05, 3.63) is 35.4 Å². The Kier molecular flexibility index (Phi) is 7.66. The van der Waals surface area contributed by atoms with Gasteiger partial charge in [-0.2, -0.15) is 0 Å². The third kappa shape index (κ3) is 6.86. The van der Waals surface area contributed by atoms with Crippen molar-refractivity contribution >= 4 is 12.0 Å². The maximum Gasteiger partial charge on any atom is 0.410 e. The molecule has 1 fully saturated rings. The number of carbonyl (C=O) groups excluding carboxylic acids is 2. The zero-order chi connectivity index (χ0) is 19.9. The van der Waals surface area contributed by atoms with E-state index in [1.807, 2.05) is 45.0 Å². The normalized spacial score (nSPS) is 17.5. The number of hydrogen-bond acceptors (Lipinski definition) is 4. The van der Waals surface area contributed by atoms with E-state index in [1.54, 1.807) is 12.0 Å². The second-order valence-corrected chi connectivity index (χ2v) is 8.07. The zero-order valence-corrected chi connectivity index (χ0v) is 16.9. The van der Waals surface area contributed by atoms with Gasteiger partial charge in [0.25, 0.3) is 5.91 Å². The lowest BCUT2D eigenvalue weighted by Crippen LogP contribution is -2.43. The van der Waals surface area contributed by atoms with Crippen LogP contribution in [0.1, 0.15) is 56.0 Å². The Bertz CT molecular complexity index is 639. The molecule has 1 heterocycles. The van der Waals surface area contributed by atoms with Crippen molar-refractivity contribution in [2.45, 2.75) is 52.2 Å². The predicted octanol–water partition coefficient (Wildman–Crippen LogP) is 3.60. The summed E-state index contributed by atoms with van der Waals surface area (Å²) in [6, 6.07) is 7.47. The fourth-order valence-electron chi connectivity index (χ4n) is 3.30. The molecular weight excluding hydrogens is 344 g/mol. The van der Waals surface area contributed by atoms with E-state index in [9.17, 15) is 9.59 Å². The van der Waals surface area contributed by atoms with Gasteiger partial charge in [-0.3, -0.25) is 4.79 Å². The lowest BCUT2D eigenvalue weighted by Gasteiger charge is -2.34. The Morgan fingerprint density at radius 3 is 2.70 bits per heavy atom. The van der Waals surface area contributed by atoms with Crippen LogP contribution in [0.25, 0.3) is 0 Å². The van der Waals surface area contributed by atoms with Crippen LogP contribution in [0.2, 0.25) is 0 Å². The largest absolute Gasteiger partial charge is 0.444 e. The van der Waals surface area contributed by atoms with Gasteiger partial charge in [-0.15, -0.1) is 0 Å². The van der Waals surface area contributed by atoms with Gasteiger partial charge in [-0.25, -0.2) is 4.79 Å². The van der Waals surface area contributed by atoms with Crippen molar-refractivity contribution in [3.63, 3.8) is 0 Å². The van der Waals surface area contributed by atoms with Crippen LogP contribution in [-0.4, -0.2) is 49.2 Å². The van der Waals surface area contributed by atoms with E-state index in [1.165, 1.54) is 0 Å². The molecule has 1 aliphatic rings. The Morgan fingerprint density at radius 2 is 2.00 bits per heavy atom. The summed E-state index contributed by atoms with van der Waals surface area (Å²) in [6.45, 7) is 8.06. The van der Waals surface area contributed by atoms with Gasteiger partial charge in [0, 0.05) is 32.3 Å². The number of carbonyl (C=O) groups is 2. The van der Waals surface area contributed by atoms with Crippen LogP contribution in [0.15, 0.2) is 24.3 Å². The van der Waals surface area contributed by atoms with Gasteiger partial charge in [0.15, 0.2) is 0 Å². The molecule has 6 heteroatoms. The molecule has 0 aromatic heterocycles. The van der Waals surface area contributed by atoms with Gasteiger partial charge in [0.1, 0.15) is 5.60 Å². The zero-order valence-electron chi connectivity index (χ0n) is 16.9. The number of hydrogen-bond donors (Lipinski definition) is 1. The highest BCUT2D eigenvalue weighted by Crippen LogP contribution is 2.21. The molecule has 1 atom stereocenters. The minimum absolute atomic E-state index is 0.0811. The van der Waals surface area contributed by atoms with Crippen molar-refractivity contribution in [1.82, 2.24) is 10.2 Å². The molecule has 27 heavy (non-hydrogen) atoms. The van der Waals surface area contributed by atoms with Gasteiger partial charge in [-0.05, 0) is 57.6 Å². The number of benzene rings is 1. The minimum atomic E-state index is -0.479. The first kappa shape index (κ1) is 21.2. The van der Waals surface area contributed by atoms with Crippen molar-refractivity contribution < 1.29 is 19.1 Å². The number of rotatable bonds is 6. The lowest BCUT2D eigenvalue weighted by atomic mass is 9.95. The number of piperidine rings is 1. The summed E-state index contributed by atoms with van der Waals surface area (Å²) in [5.74, 6) is 0.295. The second kappa shape index (κ2) is 9.74. The average Bonchev–Trinajstić information content (AvgIpc) is 2.61. The molecule has 1 aliphatic heterocycles. The maximum atomic E-state index is 12.5. The Labute approximate surface area is 162 Å². The molecule has 150 valence electrons. The van der Waals surface area contributed by atoms with E-state index < -0.39 is 5.60 Å². The highest BCUT2D eigenvalue weighted by atomic mass is 16.6. The standard InChI is InChI=1S/C21H32N2O4/c1-21(2,3)27-20(25)23-13-7-8-16(14-23)11-12-22-19(24)18-10-6-5-9-17(18)15-26-4/h5-6,9-10,16H,7-8,11-15H2,1-4H3,(H,22,24). The predicted molar refractivity (Wildman–Crippen MR) is 105 cm³/mol. The summed E-state index contributed by atoms with van der Waals surface area (Å²) in [5.41, 5.74) is 1.05. The van der Waals surface area contributed by atoms with Crippen LogP contribution in [0, 0.1) is 5.92 Å². The molecule has 0 saturated carbocycles. The molecule has 2 amide bonds. The number of likely N-dealkylation sites (tertiary alicyclic amines) is 1. The van der Waals surface area contributed by atoms with Gasteiger partial charge < -0.3 is 19.7 Å². The van der Waals surface area contributed by atoms with Crippen molar-refractivity contribution in [2.75, 3.05) is 26.7 Å². The molecule has 1 saturated heterocycles. The third-order valence-electron chi connectivity index (χ3n) is 4.57. The molecule has 0 spiro atoms. The smallest absolute Gasteiger partial charge is 0.410 e. The first-order valence-electron chi connectivity index (χ1n) is 9.63. The molecule has 1 unspecified atom stereocenters. The summed E-state index contributed by atoms with van der Waals surface area (Å²) in [5, 5.41) is 3.00. The van der Waals surface area contributed by atoms with Gasteiger partial charge in [0.2, 0.25) is 0 Å². The monoisotopic (exact) mass is 376 g/mol. The van der Waals surface area contributed by atoms with Gasteiger partial charge >= 0.3 is 6.09 Å². The number of nitrogens with zero attached hydrogens (tertiary/aromatic N) is 1. The SMILES string of the molecule is COCc1ccccc1C(=O)NCCC1CCCN(C(=O)OC(C)(C)C)C1. The molecule has 1 aromatic carbocycles. The fraction of sp³-hybridized carbons (Fsp3) is 0.619. The summed E-state index contributed by atoms with van der Waals surface area (Å²) >= 11 is 0. The van der Waals surface area contributed by atoms with Crippen LogP contribution >= 0.6 is 0 Å². The van der Waals surface area contributed by atoms with E-state index in [2.05, 4.69) is 5.32 Å². The van der Waals surface area contributed by atoms with E-state index in [0.29, 0.717) is 31.2 Å². The summed E-state index contributed by atoms with van der Waals surface area (Å²) in [4.78, 5) is 26.5. The first-order chi connectivity index (χ1) is 12.8. The van der Waals surface area contributed by atoms with Crippen molar-refractivity contribution in [2.24, 2.45) is 5.92 Å². The van der Waals surface area contributed by atoms with Crippen LogP contribution < -0.4 is 5.32 Å². The Balaban J connectivity index is 1.81. The number of amides is 2. The first-order valence-corrected chi connectivity index (χ1v) is 9.63. The molecule has 1 aromatic rings. The number of nitrogens with one attached hydrogen (secondary N) is 1. The number of methoxy groups -OCH3 is 1. The Morgan fingerprint density at radius 1 is 1.26 bits per heavy atom. The minimum Gasteiger partial charge on any atom is -0.444 e. The molecule has 0 radical (unpaired) electrons. The van der Waals surface area contributed by atoms with E-state index in [4.69, 9.17) is 9.47 Å². The average molecular weight is 376 g/mol. The summed E-state index contributed by atoms with van der Waals surface area (Å²) in [7, 11) is 1.62. The summed E-state index contributed by atoms with van der Waals surface area (Å²) in [6.07, 6.45) is 2.63. The summed E-state index contributed by atoms with van der Waals surface area (Å²) < 4.78 is 10.6. The lowest BCUT2D eigenvalue weighted by molar-refractivity contribution is 0.0161. The van der Waals surface area contributed by atoms with E-state index in [-0.39, 0.29) is 12.0 Å². The van der Waals surface area contributed by atoms with Crippen LogP contribution in [0.3, 0.4) is 0 Å². The van der Waals surface area contributed by atoms with Crippen molar-refractivity contribution in [3.8, 4) is 0 Å². The van der Waals surface area contributed by atoms with Crippen molar-refractivity contribution in [1.29, 1.82) is 0 Å². The molecule has 6 nitrogen and oxygen atoms in total. The van der Waals surface area contributed by atoms with Gasteiger partial charge in [-0.1, -0.05) is 18.2 Å². The molecule has 1 N–H and O–H groups in total. The molecule has 0 aliphatic carbocycles. The molecule has 2 rings (SSSR count). The molecular formula is C21H32N2O4. The Hall–Kier alpha value is -2.08. The van der Waals surface area contributed by atoms with Gasteiger partial charge in [0.05, 0.1) is 6.61 Å². The number of ether oxygens (including phenoxy) is 2. The van der Waals surface area contributed by atoms with E-state index >= 15 is 0 Å². The van der Waals surface area contributed by atoms with Crippen LogP contribution in [0.4, 0.5) is 4.79 Å². The topological polar surface area (TPSA) is 67.9 Å². The van der Waals surface area contributed by atoms with Crippen LogP contribution in [0.5, 0.6) is 0 Å². The fourth-order valence-corrected chi connectivity index (χ4v) is 3.30. The quantitative estimate of drug-likeness (QED) is 0.824. The van der Waals surface area contributed by atoms with E-state index in [0.717, 1.165) is 31.4 Å². The second-order valence-electron chi connectivity index (χ2n) is 8.07. The molecule has 0 bridgehead atoms.